The van der Waals surface area contributed by atoms with E-state index in [9.17, 15) is 14.4 Å². The fourth-order valence-electron chi connectivity index (χ4n) is 1.56. The lowest BCUT2D eigenvalue weighted by atomic mass is 10.1. The van der Waals surface area contributed by atoms with Crippen LogP contribution >= 0.6 is 0 Å². The van der Waals surface area contributed by atoms with Crippen molar-refractivity contribution >= 4 is 17.8 Å². The van der Waals surface area contributed by atoms with Crippen LogP contribution in [0.25, 0.3) is 0 Å². The largest absolute Gasteiger partial charge is 0.481 e. The second kappa shape index (κ2) is 4.11. The number of hydrogen-bond acceptors (Lipinski definition) is 3. The number of carbonyl (C=O) groups excluding carboxylic acids is 1. The quantitative estimate of drug-likeness (QED) is 0.619. The first-order valence-electron chi connectivity index (χ1n) is 4.99. The van der Waals surface area contributed by atoms with Gasteiger partial charge in [-0.3, -0.25) is 9.59 Å². The second-order valence-electron chi connectivity index (χ2n) is 4.74. The van der Waals surface area contributed by atoms with Crippen molar-refractivity contribution in [1.29, 1.82) is 0 Å². The van der Waals surface area contributed by atoms with Crippen molar-refractivity contribution in [1.82, 2.24) is 5.32 Å². The van der Waals surface area contributed by atoms with Gasteiger partial charge in [-0.05, 0) is 11.8 Å². The Hall–Kier alpha value is -1.59. The zero-order chi connectivity index (χ0) is 12.5. The number of aliphatic carboxylic acids is 2. The predicted molar refractivity (Wildman–Crippen MR) is 53.7 cm³/mol. The van der Waals surface area contributed by atoms with Gasteiger partial charge in [0.1, 0.15) is 6.04 Å². The summed E-state index contributed by atoms with van der Waals surface area (Å²) in [5, 5.41) is 19.5. The third-order valence-corrected chi connectivity index (χ3v) is 2.82. The molecule has 0 heterocycles. The van der Waals surface area contributed by atoms with Crippen LogP contribution in [0.5, 0.6) is 0 Å². The monoisotopic (exact) mass is 229 g/mol. The fourth-order valence-corrected chi connectivity index (χ4v) is 1.56. The van der Waals surface area contributed by atoms with E-state index >= 15 is 0 Å². The van der Waals surface area contributed by atoms with E-state index < -0.39 is 24.4 Å². The first-order valence-corrected chi connectivity index (χ1v) is 4.99. The maximum absolute atomic E-state index is 11.5. The van der Waals surface area contributed by atoms with Crippen LogP contribution in [0.4, 0.5) is 0 Å². The average Bonchev–Trinajstić information content (AvgIpc) is 2.73. The van der Waals surface area contributed by atoms with Crippen LogP contribution in [0, 0.1) is 11.3 Å². The van der Waals surface area contributed by atoms with Gasteiger partial charge in [-0.2, -0.15) is 0 Å². The van der Waals surface area contributed by atoms with Gasteiger partial charge in [0.05, 0.1) is 6.42 Å². The lowest BCUT2D eigenvalue weighted by molar-refractivity contribution is -0.147. The van der Waals surface area contributed by atoms with Crippen molar-refractivity contribution in [3.63, 3.8) is 0 Å². The summed E-state index contributed by atoms with van der Waals surface area (Å²) in [6.07, 6.45) is 0.104. The zero-order valence-electron chi connectivity index (χ0n) is 9.19. The molecule has 0 aliphatic heterocycles. The van der Waals surface area contributed by atoms with Gasteiger partial charge in [0.2, 0.25) is 5.91 Å². The van der Waals surface area contributed by atoms with Crippen molar-refractivity contribution in [3.8, 4) is 0 Å². The van der Waals surface area contributed by atoms with Gasteiger partial charge in [0.25, 0.3) is 0 Å². The van der Waals surface area contributed by atoms with Gasteiger partial charge in [0, 0.05) is 5.92 Å². The number of carboxylic acid groups (broad SMARTS) is 2. The highest BCUT2D eigenvalue weighted by Crippen LogP contribution is 2.51. The first kappa shape index (κ1) is 12.5. The van der Waals surface area contributed by atoms with Crippen LogP contribution in [0.1, 0.15) is 26.7 Å². The van der Waals surface area contributed by atoms with Crippen LogP contribution in [0.2, 0.25) is 0 Å². The van der Waals surface area contributed by atoms with Gasteiger partial charge < -0.3 is 15.5 Å². The molecular weight excluding hydrogens is 214 g/mol. The summed E-state index contributed by atoms with van der Waals surface area (Å²) in [6.45, 7) is 3.81. The molecule has 0 aromatic rings. The molecule has 1 aliphatic rings. The predicted octanol–water partition coefficient (Wildman–Crippen LogP) is 0.0766. The lowest BCUT2D eigenvalue weighted by Gasteiger charge is -2.12. The molecule has 1 amide bonds. The number of carboxylic acids is 2. The highest BCUT2D eigenvalue weighted by atomic mass is 16.4. The number of carbonyl (C=O) groups is 3. The summed E-state index contributed by atoms with van der Waals surface area (Å²) in [7, 11) is 0. The summed E-state index contributed by atoms with van der Waals surface area (Å²) < 4.78 is 0. The van der Waals surface area contributed by atoms with Crippen molar-refractivity contribution in [2.75, 3.05) is 0 Å². The number of nitrogens with one attached hydrogen (secondary N) is 1. The van der Waals surface area contributed by atoms with Gasteiger partial charge >= 0.3 is 11.9 Å². The third-order valence-electron chi connectivity index (χ3n) is 2.82. The summed E-state index contributed by atoms with van der Waals surface area (Å²) in [4.78, 5) is 32.6. The molecule has 0 aromatic heterocycles. The molecule has 1 unspecified atom stereocenters. The number of hydrogen-bond donors (Lipinski definition) is 3. The van der Waals surface area contributed by atoms with E-state index in [1.807, 2.05) is 13.8 Å². The summed E-state index contributed by atoms with van der Waals surface area (Å²) in [5.41, 5.74) is -0.101. The van der Waals surface area contributed by atoms with Gasteiger partial charge in [-0.15, -0.1) is 0 Å². The maximum atomic E-state index is 11.5. The molecule has 3 N–H and O–H groups in total. The van der Waals surface area contributed by atoms with E-state index in [0.717, 1.165) is 0 Å². The van der Waals surface area contributed by atoms with Crippen LogP contribution in [0.3, 0.4) is 0 Å². The Bertz CT molecular complexity index is 336. The molecule has 0 aromatic carbocycles. The van der Waals surface area contributed by atoms with E-state index in [2.05, 4.69) is 5.32 Å². The summed E-state index contributed by atoms with van der Waals surface area (Å²) in [6, 6.07) is -1.35. The molecule has 1 saturated carbocycles. The second-order valence-corrected chi connectivity index (χ2v) is 4.74. The molecule has 16 heavy (non-hydrogen) atoms. The van der Waals surface area contributed by atoms with Crippen molar-refractivity contribution < 1.29 is 24.6 Å². The Morgan fingerprint density at radius 3 is 2.19 bits per heavy atom. The molecule has 1 aliphatic carbocycles. The third kappa shape index (κ3) is 2.95. The Morgan fingerprint density at radius 2 is 1.88 bits per heavy atom. The van der Waals surface area contributed by atoms with Crippen LogP contribution in [-0.2, 0) is 14.4 Å². The molecule has 0 bridgehead atoms. The number of amides is 1. The van der Waals surface area contributed by atoms with Crippen LogP contribution in [-0.4, -0.2) is 34.1 Å². The molecule has 1 rings (SSSR count). The first-order chi connectivity index (χ1) is 7.24. The molecule has 6 nitrogen and oxygen atoms in total. The van der Waals surface area contributed by atoms with E-state index in [1.165, 1.54) is 0 Å². The summed E-state index contributed by atoms with van der Waals surface area (Å²) >= 11 is 0. The molecule has 1 fully saturated rings. The Kier molecular flexibility index (Phi) is 3.21. The molecule has 0 saturated heterocycles. The zero-order valence-corrected chi connectivity index (χ0v) is 9.19. The molecule has 90 valence electrons. The molecule has 2 atom stereocenters. The molecule has 6 heteroatoms. The summed E-state index contributed by atoms with van der Waals surface area (Å²) in [5.74, 6) is -3.15. The van der Waals surface area contributed by atoms with Crippen LogP contribution < -0.4 is 5.32 Å². The highest BCUT2D eigenvalue weighted by molar-refractivity contribution is 5.89. The molecule has 0 radical (unpaired) electrons. The normalized spacial score (nSPS) is 23.2. The van der Waals surface area contributed by atoms with Gasteiger partial charge in [-0.1, -0.05) is 13.8 Å². The number of rotatable bonds is 5. The molecular formula is C10H15NO5. The lowest BCUT2D eigenvalue weighted by Crippen LogP contribution is -2.43. The Morgan fingerprint density at radius 1 is 1.38 bits per heavy atom. The topological polar surface area (TPSA) is 104 Å². The average molecular weight is 229 g/mol. The van der Waals surface area contributed by atoms with Gasteiger partial charge in [-0.25, -0.2) is 4.79 Å². The Balaban J connectivity index is 2.53. The van der Waals surface area contributed by atoms with Crippen molar-refractivity contribution in [2.45, 2.75) is 32.7 Å². The van der Waals surface area contributed by atoms with E-state index in [4.69, 9.17) is 10.2 Å². The molecule has 0 spiro atoms. The van der Waals surface area contributed by atoms with Crippen molar-refractivity contribution in [3.05, 3.63) is 0 Å². The smallest absolute Gasteiger partial charge is 0.326 e. The minimum absolute atomic E-state index is 0.101. The fraction of sp³-hybridized carbons (Fsp3) is 0.700. The minimum Gasteiger partial charge on any atom is -0.481 e. The van der Waals surface area contributed by atoms with E-state index in [1.54, 1.807) is 0 Å². The maximum Gasteiger partial charge on any atom is 0.326 e. The van der Waals surface area contributed by atoms with Crippen molar-refractivity contribution in [2.24, 2.45) is 11.3 Å². The van der Waals surface area contributed by atoms with E-state index in [0.29, 0.717) is 6.42 Å². The Labute approximate surface area is 92.6 Å². The standard InChI is InChI=1S/C10H15NO5/c1-10(2)4-5(10)8(14)11-6(9(15)16)3-7(12)13/h5-6H,3-4H2,1-2H3,(H,11,14)(H,12,13)(H,15,16)/t5?,6-/m1/s1. The highest BCUT2D eigenvalue weighted by Gasteiger charge is 2.51. The minimum atomic E-state index is -1.35. The van der Waals surface area contributed by atoms with Gasteiger partial charge in [0.15, 0.2) is 0 Å². The van der Waals surface area contributed by atoms with Crippen LogP contribution in [0.15, 0.2) is 0 Å². The van der Waals surface area contributed by atoms with E-state index in [-0.39, 0.29) is 17.2 Å². The SMILES string of the molecule is CC1(C)CC1C(=O)N[C@H](CC(=O)O)C(=O)O.